The van der Waals surface area contributed by atoms with E-state index in [9.17, 15) is 35.9 Å². The van der Waals surface area contributed by atoms with E-state index in [1.54, 1.807) is 18.2 Å². The summed E-state index contributed by atoms with van der Waals surface area (Å²) in [5, 5.41) is 4.44. The maximum absolute atomic E-state index is 13.7. The normalized spacial score (nSPS) is 11.6. The minimum Gasteiger partial charge on any atom is -0.323 e. The third-order valence-corrected chi connectivity index (χ3v) is 4.94. The van der Waals surface area contributed by atoms with Crippen molar-refractivity contribution in [2.24, 2.45) is 0 Å². The van der Waals surface area contributed by atoms with Crippen LogP contribution in [0, 0.1) is 0 Å². The lowest BCUT2D eigenvalue weighted by atomic mass is 10.1. The molecule has 0 fully saturated rings. The second kappa shape index (κ2) is 10.1. The van der Waals surface area contributed by atoms with Gasteiger partial charge in [-0.1, -0.05) is 36.4 Å². The Bertz CT molecular complexity index is 1210. The van der Waals surface area contributed by atoms with Crippen molar-refractivity contribution in [3.05, 3.63) is 95.1 Å². The number of carbonyl (C=O) groups excluding carboxylic acids is 2. The van der Waals surface area contributed by atoms with Crippen molar-refractivity contribution in [3.8, 4) is 0 Å². The molecular weight excluding hydrogens is 476 g/mol. The lowest BCUT2D eigenvalue weighted by Crippen LogP contribution is -2.32. The van der Waals surface area contributed by atoms with Gasteiger partial charge in [0.2, 0.25) is 0 Å². The second-order valence-corrected chi connectivity index (χ2v) is 7.52. The molecule has 3 aromatic rings. The Labute approximate surface area is 196 Å². The molecule has 0 saturated carbocycles. The van der Waals surface area contributed by atoms with Crippen molar-refractivity contribution in [2.45, 2.75) is 18.9 Å². The number of nitrogens with one attached hydrogen (secondary N) is 2. The van der Waals surface area contributed by atoms with Gasteiger partial charge < -0.3 is 15.5 Å². The minimum atomic E-state index is -4.89. The van der Waals surface area contributed by atoms with E-state index in [-0.39, 0.29) is 16.8 Å². The summed E-state index contributed by atoms with van der Waals surface area (Å²) < 4.78 is 80.6. The van der Waals surface area contributed by atoms with Gasteiger partial charge in [-0.2, -0.15) is 26.3 Å². The number of alkyl halides is 6. The van der Waals surface area contributed by atoms with Crippen LogP contribution in [0.25, 0.3) is 0 Å². The van der Waals surface area contributed by atoms with Gasteiger partial charge in [-0.25, -0.2) is 4.79 Å². The molecule has 0 heterocycles. The first-order valence-electron chi connectivity index (χ1n) is 10.1. The van der Waals surface area contributed by atoms with Gasteiger partial charge in [0.15, 0.2) is 0 Å². The number of amides is 3. The van der Waals surface area contributed by atoms with Crippen LogP contribution >= 0.6 is 0 Å². The smallest absolute Gasteiger partial charge is 0.323 e. The molecule has 0 unspecified atom stereocenters. The zero-order valence-electron chi connectivity index (χ0n) is 18.2. The fourth-order valence-electron chi connectivity index (χ4n) is 3.23. The highest BCUT2D eigenvalue weighted by Gasteiger charge is 2.35. The first-order chi connectivity index (χ1) is 16.4. The zero-order valence-corrected chi connectivity index (χ0v) is 18.2. The maximum atomic E-state index is 13.7. The highest BCUT2D eigenvalue weighted by Crippen LogP contribution is 2.37. The van der Waals surface area contributed by atoms with E-state index in [2.05, 4.69) is 10.6 Å². The van der Waals surface area contributed by atoms with E-state index in [1.807, 2.05) is 0 Å². The van der Waals surface area contributed by atoms with Crippen molar-refractivity contribution in [3.63, 3.8) is 0 Å². The molecule has 35 heavy (non-hydrogen) atoms. The van der Waals surface area contributed by atoms with Crippen molar-refractivity contribution in [2.75, 3.05) is 17.7 Å². The number of halogens is 6. The first-order valence-corrected chi connectivity index (χ1v) is 10.1. The minimum absolute atomic E-state index is 0.156. The average molecular weight is 495 g/mol. The number of rotatable bonds is 5. The van der Waals surface area contributed by atoms with Crippen LogP contribution in [0.15, 0.2) is 72.8 Å². The highest BCUT2D eigenvalue weighted by molar-refractivity contribution is 6.04. The average Bonchev–Trinajstić information content (AvgIpc) is 2.79. The Morgan fingerprint density at radius 1 is 0.771 bits per heavy atom. The van der Waals surface area contributed by atoms with Crippen LogP contribution in [-0.2, 0) is 18.9 Å². The van der Waals surface area contributed by atoms with Crippen molar-refractivity contribution in [1.82, 2.24) is 4.90 Å². The summed E-state index contributed by atoms with van der Waals surface area (Å²) in [6.45, 7) is -0.492. The number of hydrogen-bond acceptors (Lipinski definition) is 2. The molecule has 2 N–H and O–H groups in total. The van der Waals surface area contributed by atoms with E-state index in [1.165, 1.54) is 36.4 Å². The fraction of sp³-hybridized carbons (Fsp3) is 0.167. The number of hydrogen-bond donors (Lipinski definition) is 2. The van der Waals surface area contributed by atoms with Crippen LogP contribution in [0.5, 0.6) is 0 Å². The Morgan fingerprint density at radius 3 is 2.00 bits per heavy atom. The van der Waals surface area contributed by atoms with Gasteiger partial charge >= 0.3 is 18.4 Å². The van der Waals surface area contributed by atoms with Crippen LogP contribution in [-0.4, -0.2) is 23.9 Å². The van der Waals surface area contributed by atoms with Crippen molar-refractivity contribution < 1.29 is 35.9 Å². The van der Waals surface area contributed by atoms with E-state index >= 15 is 0 Å². The van der Waals surface area contributed by atoms with E-state index in [0.29, 0.717) is 6.07 Å². The summed E-state index contributed by atoms with van der Waals surface area (Å²) in [6, 6.07) is 14.2. The summed E-state index contributed by atoms with van der Waals surface area (Å²) in [7, 11) is 1.16. The van der Waals surface area contributed by atoms with Gasteiger partial charge in [0.1, 0.15) is 0 Å². The first kappa shape index (κ1) is 25.6. The number of benzene rings is 3. The van der Waals surface area contributed by atoms with Gasteiger partial charge in [-0.3, -0.25) is 4.79 Å². The summed E-state index contributed by atoms with van der Waals surface area (Å²) in [5.41, 5.74) is -2.94. The lowest BCUT2D eigenvalue weighted by Gasteiger charge is -2.22. The fourth-order valence-corrected chi connectivity index (χ4v) is 3.23. The van der Waals surface area contributed by atoms with Crippen molar-refractivity contribution in [1.29, 1.82) is 0 Å². The second-order valence-electron chi connectivity index (χ2n) is 7.52. The predicted molar refractivity (Wildman–Crippen MR) is 118 cm³/mol. The molecule has 3 rings (SSSR count). The Morgan fingerprint density at radius 2 is 1.37 bits per heavy atom. The monoisotopic (exact) mass is 495 g/mol. The summed E-state index contributed by atoms with van der Waals surface area (Å²) >= 11 is 0. The van der Waals surface area contributed by atoms with Crippen LogP contribution in [0.4, 0.5) is 42.5 Å². The molecule has 5 nitrogen and oxygen atoms in total. The van der Waals surface area contributed by atoms with Gasteiger partial charge in [-0.15, -0.1) is 0 Å². The molecule has 0 saturated heterocycles. The number of nitrogens with zero attached hydrogens (tertiary/aromatic N) is 1. The van der Waals surface area contributed by atoms with E-state index in [0.717, 1.165) is 24.1 Å². The van der Waals surface area contributed by atoms with Crippen LogP contribution in [0.2, 0.25) is 0 Å². The van der Waals surface area contributed by atoms with Crippen LogP contribution in [0.1, 0.15) is 27.0 Å². The molecule has 3 amide bonds. The zero-order chi connectivity index (χ0) is 25.8. The van der Waals surface area contributed by atoms with Crippen molar-refractivity contribution >= 4 is 23.3 Å². The number of urea groups is 1. The summed E-state index contributed by atoms with van der Waals surface area (Å²) in [4.78, 5) is 25.6. The highest BCUT2D eigenvalue weighted by atomic mass is 19.4. The molecule has 0 aromatic heterocycles. The van der Waals surface area contributed by atoms with Gasteiger partial charge in [0.25, 0.3) is 5.91 Å². The number of carbonyl (C=O) groups is 2. The Balaban J connectivity index is 1.79. The summed E-state index contributed by atoms with van der Waals surface area (Å²) in [5.74, 6) is -0.626. The van der Waals surface area contributed by atoms with E-state index in [4.69, 9.17) is 0 Å². The SMILES string of the molecule is CN(Cc1ccccc1C(F)(F)F)C(=O)Nc1ccc(NC(=O)c2ccccc2)cc1C(F)(F)F. The third-order valence-electron chi connectivity index (χ3n) is 4.94. The third kappa shape index (κ3) is 6.52. The molecule has 3 aromatic carbocycles. The molecule has 0 spiro atoms. The van der Waals surface area contributed by atoms with Gasteiger partial charge in [0.05, 0.1) is 16.8 Å². The molecule has 0 aliphatic rings. The van der Waals surface area contributed by atoms with Crippen LogP contribution in [0.3, 0.4) is 0 Å². The lowest BCUT2D eigenvalue weighted by molar-refractivity contribution is -0.138. The molecule has 0 atom stereocenters. The standard InChI is InChI=1S/C24H19F6N3O2/c1-33(14-16-9-5-6-10-18(16)23(25,26)27)22(35)32-20-12-11-17(13-19(20)24(28,29)30)31-21(34)15-7-3-2-4-8-15/h2-13H,14H2,1H3,(H,31,34)(H,32,35). The number of anilines is 2. The Kier molecular flexibility index (Phi) is 7.37. The topological polar surface area (TPSA) is 61.4 Å². The molecule has 0 bridgehead atoms. The van der Waals surface area contributed by atoms with Gasteiger partial charge in [-0.05, 0) is 42.0 Å². The molecule has 0 aliphatic heterocycles. The van der Waals surface area contributed by atoms with E-state index < -0.39 is 47.6 Å². The summed E-state index contributed by atoms with van der Waals surface area (Å²) in [6.07, 6.45) is -9.55. The quantitative estimate of drug-likeness (QED) is 0.390. The largest absolute Gasteiger partial charge is 0.418 e. The Hall–Kier alpha value is -4.02. The molecular formula is C24H19F6N3O2. The maximum Gasteiger partial charge on any atom is 0.418 e. The van der Waals surface area contributed by atoms with Gasteiger partial charge in [0, 0.05) is 24.8 Å². The molecule has 0 radical (unpaired) electrons. The van der Waals surface area contributed by atoms with Crippen LogP contribution < -0.4 is 10.6 Å². The molecule has 184 valence electrons. The molecule has 0 aliphatic carbocycles. The predicted octanol–water partition coefficient (Wildman–Crippen LogP) is 6.64. The molecule has 11 heteroatoms.